The molecule has 0 rings (SSSR count). The van der Waals surface area contributed by atoms with Crippen molar-refractivity contribution in [3.05, 3.63) is 0 Å². The summed E-state index contributed by atoms with van der Waals surface area (Å²) in [7, 11) is 0. The first-order valence-electron chi connectivity index (χ1n) is 6.28. The number of halogens is 3. The van der Waals surface area contributed by atoms with E-state index < -0.39 is 12.6 Å². The van der Waals surface area contributed by atoms with Crippen LogP contribution >= 0.6 is 0 Å². The predicted molar refractivity (Wildman–Crippen MR) is 63.0 cm³/mol. The quantitative estimate of drug-likeness (QED) is 0.638. The highest BCUT2D eigenvalue weighted by molar-refractivity contribution is 4.72. The van der Waals surface area contributed by atoms with Crippen molar-refractivity contribution in [2.75, 3.05) is 19.8 Å². The van der Waals surface area contributed by atoms with Crippen LogP contribution in [0.5, 0.6) is 0 Å². The first-order chi connectivity index (χ1) is 7.90. The van der Waals surface area contributed by atoms with Gasteiger partial charge in [-0.25, -0.2) is 0 Å². The Morgan fingerprint density at radius 3 is 2.35 bits per heavy atom. The van der Waals surface area contributed by atoms with Crippen molar-refractivity contribution in [1.29, 1.82) is 0 Å². The molecule has 0 aliphatic carbocycles. The van der Waals surface area contributed by atoms with Gasteiger partial charge in [0.25, 0.3) is 0 Å². The molecule has 0 bridgehead atoms. The average Bonchev–Trinajstić information content (AvgIpc) is 2.25. The lowest BCUT2D eigenvalue weighted by atomic mass is 10.00. The van der Waals surface area contributed by atoms with E-state index in [1.807, 2.05) is 0 Å². The van der Waals surface area contributed by atoms with Gasteiger partial charge in [0.1, 0.15) is 0 Å². The van der Waals surface area contributed by atoms with Crippen LogP contribution in [0.15, 0.2) is 0 Å². The van der Waals surface area contributed by atoms with Crippen molar-refractivity contribution in [3.8, 4) is 0 Å². The van der Waals surface area contributed by atoms with E-state index in [9.17, 15) is 13.2 Å². The summed E-state index contributed by atoms with van der Waals surface area (Å²) in [5.74, 6) is 0.410. The summed E-state index contributed by atoms with van der Waals surface area (Å²) in [4.78, 5) is 0. The molecule has 17 heavy (non-hydrogen) atoms. The van der Waals surface area contributed by atoms with Crippen molar-refractivity contribution in [3.63, 3.8) is 0 Å². The second-order valence-corrected chi connectivity index (χ2v) is 4.39. The normalized spacial score (nSPS) is 15.9. The molecule has 0 amide bonds. The van der Waals surface area contributed by atoms with Gasteiger partial charge in [-0.1, -0.05) is 27.2 Å². The van der Waals surface area contributed by atoms with Crippen molar-refractivity contribution in [2.24, 2.45) is 5.92 Å². The Hall–Kier alpha value is -0.290. The van der Waals surface area contributed by atoms with Crippen molar-refractivity contribution in [2.45, 2.75) is 52.3 Å². The molecule has 1 N–H and O–H groups in total. The van der Waals surface area contributed by atoms with Crippen LogP contribution in [0.3, 0.4) is 0 Å². The molecule has 5 heteroatoms. The Labute approximate surface area is 102 Å². The van der Waals surface area contributed by atoms with Crippen molar-refractivity contribution < 1.29 is 17.9 Å². The molecule has 0 saturated carbocycles. The van der Waals surface area contributed by atoms with Crippen LogP contribution in [0, 0.1) is 5.92 Å². The number of hydrogen-bond donors (Lipinski definition) is 1. The molecule has 0 aromatic carbocycles. The van der Waals surface area contributed by atoms with E-state index in [-0.39, 0.29) is 12.6 Å². The lowest BCUT2D eigenvalue weighted by Crippen LogP contribution is -2.39. The molecule has 0 aliphatic rings. The Morgan fingerprint density at radius 2 is 1.88 bits per heavy atom. The smallest absolute Gasteiger partial charge is 0.379 e. The summed E-state index contributed by atoms with van der Waals surface area (Å²) >= 11 is 0. The zero-order valence-electron chi connectivity index (χ0n) is 10.9. The number of ether oxygens (including phenoxy) is 1. The maximum absolute atomic E-state index is 11.9. The van der Waals surface area contributed by atoms with Gasteiger partial charge in [0.2, 0.25) is 0 Å². The van der Waals surface area contributed by atoms with Crippen molar-refractivity contribution >= 4 is 0 Å². The molecule has 2 unspecified atom stereocenters. The zero-order valence-corrected chi connectivity index (χ0v) is 10.9. The third-order valence-corrected chi connectivity index (χ3v) is 2.81. The molecule has 0 aromatic heterocycles. The lowest BCUT2D eigenvalue weighted by Gasteiger charge is -2.24. The van der Waals surface area contributed by atoms with Gasteiger partial charge in [-0.15, -0.1) is 0 Å². The van der Waals surface area contributed by atoms with Crippen molar-refractivity contribution in [1.82, 2.24) is 5.32 Å². The van der Waals surface area contributed by atoms with E-state index in [0.717, 1.165) is 19.4 Å². The van der Waals surface area contributed by atoms with Gasteiger partial charge < -0.3 is 10.1 Å². The van der Waals surface area contributed by atoms with E-state index in [0.29, 0.717) is 12.5 Å². The van der Waals surface area contributed by atoms with Gasteiger partial charge in [0.05, 0.1) is 19.6 Å². The minimum absolute atomic E-state index is 0.146. The van der Waals surface area contributed by atoms with E-state index >= 15 is 0 Å². The molecule has 0 spiro atoms. The minimum Gasteiger partial charge on any atom is -0.379 e. The monoisotopic (exact) mass is 255 g/mol. The largest absolute Gasteiger partial charge is 0.391 e. The molecule has 2 nitrogen and oxygen atoms in total. The molecule has 0 saturated heterocycles. The van der Waals surface area contributed by atoms with E-state index in [1.54, 1.807) is 0 Å². The highest BCUT2D eigenvalue weighted by atomic mass is 19.4. The number of alkyl halides is 3. The van der Waals surface area contributed by atoms with E-state index in [4.69, 9.17) is 4.74 Å². The standard InChI is InChI=1S/C12H24F3NO/c1-4-7-16-11(10(3)5-2)9-17-8-6-12(13,14)15/h10-11,16H,4-9H2,1-3H3. The number of hydrogen-bond acceptors (Lipinski definition) is 2. The van der Waals surface area contributed by atoms with Crippen LogP contribution in [-0.2, 0) is 4.74 Å². The second kappa shape index (κ2) is 8.75. The van der Waals surface area contributed by atoms with Gasteiger partial charge in [0, 0.05) is 6.04 Å². The fraction of sp³-hybridized carbons (Fsp3) is 1.00. The highest BCUT2D eigenvalue weighted by Crippen LogP contribution is 2.19. The predicted octanol–water partition coefficient (Wildman–Crippen LogP) is 3.37. The first-order valence-corrected chi connectivity index (χ1v) is 6.28. The number of rotatable bonds is 9. The van der Waals surface area contributed by atoms with Crippen LogP contribution in [0.1, 0.15) is 40.0 Å². The zero-order chi connectivity index (χ0) is 13.3. The molecule has 104 valence electrons. The molecule has 0 aromatic rings. The third kappa shape index (κ3) is 9.41. The van der Waals surface area contributed by atoms with Gasteiger partial charge >= 0.3 is 6.18 Å². The van der Waals surface area contributed by atoms with Gasteiger partial charge in [0.15, 0.2) is 0 Å². The molecular weight excluding hydrogens is 231 g/mol. The molecule has 0 fully saturated rings. The molecule has 0 radical (unpaired) electrons. The summed E-state index contributed by atoms with van der Waals surface area (Å²) in [6.07, 6.45) is -2.99. The maximum Gasteiger partial charge on any atom is 0.391 e. The SMILES string of the molecule is CCCNC(COCCC(F)(F)F)C(C)CC. The first kappa shape index (κ1) is 16.7. The summed E-state index contributed by atoms with van der Waals surface area (Å²) in [6.45, 7) is 7.19. The Morgan fingerprint density at radius 1 is 1.24 bits per heavy atom. The van der Waals surface area contributed by atoms with Crippen LogP contribution < -0.4 is 5.32 Å². The summed E-state index contributed by atoms with van der Waals surface area (Å²) in [5, 5.41) is 3.31. The molecule has 0 heterocycles. The average molecular weight is 255 g/mol. The van der Waals surface area contributed by atoms with E-state index in [1.165, 1.54) is 0 Å². The van der Waals surface area contributed by atoms with Gasteiger partial charge in [-0.2, -0.15) is 13.2 Å². The lowest BCUT2D eigenvalue weighted by molar-refractivity contribution is -0.145. The summed E-state index contributed by atoms with van der Waals surface area (Å²) < 4.78 is 40.8. The van der Waals surface area contributed by atoms with E-state index in [2.05, 4.69) is 26.1 Å². The maximum atomic E-state index is 11.9. The van der Waals surface area contributed by atoms with Crippen LogP contribution in [0.4, 0.5) is 13.2 Å². The second-order valence-electron chi connectivity index (χ2n) is 4.39. The third-order valence-electron chi connectivity index (χ3n) is 2.81. The summed E-state index contributed by atoms with van der Waals surface area (Å²) in [6, 6.07) is 0.146. The van der Waals surface area contributed by atoms with Gasteiger partial charge in [-0.05, 0) is 18.9 Å². The minimum atomic E-state index is -4.12. The van der Waals surface area contributed by atoms with Crippen LogP contribution in [-0.4, -0.2) is 32.0 Å². The Bertz CT molecular complexity index is 185. The number of nitrogens with one attached hydrogen (secondary N) is 1. The fourth-order valence-electron chi connectivity index (χ4n) is 1.44. The molecule has 0 aliphatic heterocycles. The molecular formula is C12H24F3NO. The summed E-state index contributed by atoms with van der Waals surface area (Å²) in [5.41, 5.74) is 0. The Balaban J connectivity index is 3.83. The topological polar surface area (TPSA) is 21.3 Å². The highest BCUT2D eigenvalue weighted by Gasteiger charge is 2.26. The van der Waals surface area contributed by atoms with Gasteiger partial charge in [-0.3, -0.25) is 0 Å². The molecule has 2 atom stereocenters. The van der Waals surface area contributed by atoms with Crippen LogP contribution in [0.2, 0.25) is 0 Å². The van der Waals surface area contributed by atoms with Crippen LogP contribution in [0.25, 0.3) is 0 Å². The fourth-order valence-corrected chi connectivity index (χ4v) is 1.44. The Kier molecular flexibility index (Phi) is 8.60.